The first-order valence-electron chi connectivity index (χ1n) is 5.64. The molecule has 0 fully saturated rings. The Kier molecular flexibility index (Phi) is 3.90. The largest absolute Gasteiger partial charge is 0.294 e. The van der Waals surface area contributed by atoms with Gasteiger partial charge in [-0.2, -0.15) is 0 Å². The van der Waals surface area contributed by atoms with Gasteiger partial charge >= 0.3 is 0 Å². The van der Waals surface area contributed by atoms with Gasteiger partial charge in [0, 0.05) is 6.54 Å². The van der Waals surface area contributed by atoms with Gasteiger partial charge < -0.3 is 0 Å². The normalized spacial score (nSPS) is 11.7. The first-order chi connectivity index (χ1) is 8.40. The molecule has 0 unspecified atom stereocenters. The molecule has 0 aliphatic heterocycles. The van der Waals surface area contributed by atoms with Crippen molar-refractivity contribution in [1.82, 2.24) is 5.32 Å². The molecule has 0 saturated heterocycles. The maximum Gasteiger partial charge on any atom is 0.294 e. The summed E-state index contributed by atoms with van der Waals surface area (Å²) in [5.41, 5.74) is 2.28. The smallest absolute Gasteiger partial charge is 0.290 e. The summed E-state index contributed by atoms with van der Waals surface area (Å²) >= 11 is 0. The first-order valence-corrected chi connectivity index (χ1v) is 5.64. The summed E-state index contributed by atoms with van der Waals surface area (Å²) in [6, 6.07) is 22.5. The second kappa shape index (κ2) is 5.83. The number of hydrogen-bond acceptors (Lipinski definition) is 1. The van der Waals surface area contributed by atoms with E-state index in [1.165, 1.54) is 5.56 Å². The summed E-state index contributed by atoms with van der Waals surface area (Å²) in [6.45, 7) is 0.742. The quantitative estimate of drug-likeness (QED) is 0.805. The lowest BCUT2D eigenvalue weighted by Crippen LogP contribution is -2.28. The standard InChI is InChI=1S/C15H14N2/c16-11-15(14-9-5-2-6-10-14)17-12-13-7-3-1-4-8-13/h1-10,15,17H,12H2/p+1/t15-/m1/s1. The molecule has 2 nitrogen and oxygen atoms in total. The average molecular weight is 223 g/mol. The lowest BCUT2D eigenvalue weighted by atomic mass is 10.1. The highest BCUT2D eigenvalue weighted by molar-refractivity contribution is 5.24. The Morgan fingerprint density at radius 3 is 2.12 bits per heavy atom. The van der Waals surface area contributed by atoms with Crippen molar-refractivity contribution in [3.05, 3.63) is 71.8 Å². The van der Waals surface area contributed by atoms with E-state index in [0.717, 1.165) is 12.1 Å². The van der Waals surface area contributed by atoms with E-state index in [-0.39, 0.29) is 6.04 Å². The zero-order chi connectivity index (χ0) is 11.9. The van der Waals surface area contributed by atoms with Gasteiger partial charge in [-0.1, -0.05) is 65.9 Å². The third-order valence-electron chi connectivity index (χ3n) is 2.63. The van der Waals surface area contributed by atoms with Gasteiger partial charge in [-0.25, -0.2) is 0 Å². The highest BCUT2D eigenvalue weighted by Crippen LogP contribution is 2.11. The van der Waals surface area contributed by atoms with Crippen molar-refractivity contribution >= 4 is 0 Å². The number of hydrogen-bond donors (Lipinski definition) is 2. The topological polar surface area (TPSA) is 35.8 Å². The highest BCUT2D eigenvalue weighted by Gasteiger charge is 2.12. The zero-order valence-corrected chi connectivity index (χ0v) is 9.56. The van der Waals surface area contributed by atoms with Crippen molar-refractivity contribution in [2.75, 3.05) is 0 Å². The number of nitrogens with one attached hydrogen (secondary N) is 2. The Labute approximate surface area is 102 Å². The van der Waals surface area contributed by atoms with E-state index in [1.54, 1.807) is 0 Å². The molecular weight excluding hydrogens is 208 g/mol. The van der Waals surface area contributed by atoms with E-state index in [1.807, 2.05) is 48.5 Å². The Bertz CT molecular complexity index is 485. The van der Waals surface area contributed by atoms with E-state index in [4.69, 9.17) is 5.26 Å². The molecule has 0 saturated carbocycles. The molecule has 2 aromatic carbocycles. The molecule has 0 spiro atoms. The summed E-state index contributed by atoms with van der Waals surface area (Å²) in [5.74, 6) is 0. The Morgan fingerprint density at radius 2 is 1.53 bits per heavy atom. The molecule has 0 aromatic heterocycles. The third-order valence-corrected chi connectivity index (χ3v) is 2.63. The van der Waals surface area contributed by atoms with E-state index in [2.05, 4.69) is 23.5 Å². The van der Waals surface area contributed by atoms with Gasteiger partial charge in [0.05, 0.1) is 0 Å². The van der Waals surface area contributed by atoms with E-state index in [0.29, 0.717) is 0 Å². The molecule has 0 amide bonds. The molecule has 0 radical (unpaired) electrons. The lowest BCUT2D eigenvalue weighted by Gasteiger charge is -2.09. The minimum absolute atomic E-state index is 0.142. The lowest BCUT2D eigenvalue weighted by molar-refractivity contribution is -0.0969. The van der Waals surface area contributed by atoms with Crippen LogP contribution in [0.25, 0.3) is 0 Å². The van der Waals surface area contributed by atoms with E-state index in [9.17, 15) is 0 Å². The minimum atomic E-state index is -0.142. The van der Waals surface area contributed by atoms with Crippen LogP contribution >= 0.6 is 0 Å². The van der Waals surface area contributed by atoms with Crippen LogP contribution in [-0.2, 0) is 6.54 Å². The fourth-order valence-electron chi connectivity index (χ4n) is 1.71. The number of benzene rings is 2. The molecule has 0 heterocycles. The molecule has 0 bridgehead atoms. The van der Waals surface area contributed by atoms with Crippen molar-refractivity contribution < 1.29 is 5.26 Å². The van der Waals surface area contributed by atoms with E-state index >= 15 is 0 Å². The molecule has 84 valence electrons. The van der Waals surface area contributed by atoms with Crippen molar-refractivity contribution in [2.45, 2.75) is 12.6 Å². The summed E-state index contributed by atoms with van der Waals surface area (Å²) < 4.78 is 0. The second-order valence-electron chi connectivity index (χ2n) is 3.85. The molecule has 2 rings (SSSR count). The van der Waals surface area contributed by atoms with E-state index < -0.39 is 0 Å². The minimum Gasteiger partial charge on any atom is -0.290 e. The van der Waals surface area contributed by atoms with Gasteiger partial charge in [-0.05, 0) is 11.1 Å². The number of rotatable bonds is 4. The molecule has 0 aliphatic carbocycles. The summed E-state index contributed by atoms with van der Waals surface area (Å²) in [4.78, 5) is 0. The second-order valence-corrected chi connectivity index (χ2v) is 3.85. The maximum atomic E-state index is 7.35. The van der Waals surface area contributed by atoms with Crippen molar-refractivity contribution in [3.8, 4) is 6.07 Å². The Balaban J connectivity index is 2.01. The van der Waals surface area contributed by atoms with Gasteiger partial charge in [-0.3, -0.25) is 5.32 Å². The van der Waals surface area contributed by atoms with Crippen LogP contribution < -0.4 is 10.6 Å². The van der Waals surface area contributed by atoms with Gasteiger partial charge in [0.25, 0.3) is 6.07 Å². The van der Waals surface area contributed by atoms with Crippen molar-refractivity contribution in [1.29, 1.82) is 0 Å². The van der Waals surface area contributed by atoms with Crippen LogP contribution in [-0.4, -0.2) is 0 Å². The van der Waals surface area contributed by atoms with Crippen LogP contribution in [0, 0.1) is 6.07 Å². The van der Waals surface area contributed by atoms with Crippen LogP contribution in [0.3, 0.4) is 0 Å². The van der Waals surface area contributed by atoms with Gasteiger partial charge in [0.2, 0.25) is 0 Å². The Hall–Kier alpha value is -2.11. The molecule has 1 atom stereocenters. The summed E-state index contributed by atoms with van der Waals surface area (Å²) in [6.07, 6.45) is 0. The molecule has 17 heavy (non-hydrogen) atoms. The maximum absolute atomic E-state index is 7.35. The van der Waals surface area contributed by atoms with Crippen LogP contribution in [0.4, 0.5) is 0 Å². The van der Waals surface area contributed by atoms with Crippen molar-refractivity contribution in [2.24, 2.45) is 0 Å². The van der Waals surface area contributed by atoms with Crippen molar-refractivity contribution in [3.63, 3.8) is 0 Å². The monoisotopic (exact) mass is 223 g/mol. The molecule has 0 aliphatic rings. The van der Waals surface area contributed by atoms with Crippen LogP contribution in [0.2, 0.25) is 0 Å². The fraction of sp³-hybridized carbons (Fsp3) is 0.133. The summed E-state index contributed by atoms with van der Waals surface area (Å²) in [7, 11) is 0. The van der Waals surface area contributed by atoms with Crippen LogP contribution in [0.15, 0.2) is 60.7 Å². The highest BCUT2D eigenvalue weighted by atomic mass is 14.9. The third kappa shape index (κ3) is 3.17. The van der Waals surface area contributed by atoms with Gasteiger partial charge in [0.15, 0.2) is 6.04 Å². The van der Waals surface area contributed by atoms with Gasteiger partial charge in [0.1, 0.15) is 0 Å². The molecular formula is C15H15N2+. The predicted octanol–water partition coefficient (Wildman–Crippen LogP) is 1.29. The van der Waals surface area contributed by atoms with Crippen LogP contribution in [0.1, 0.15) is 17.2 Å². The predicted molar refractivity (Wildman–Crippen MR) is 67.3 cm³/mol. The van der Waals surface area contributed by atoms with Gasteiger partial charge in [-0.15, -0.1) is 0 Å². The molecule has 2 N–H and O–H groups in total. The SMILES string of the molecule is [NH+]#C[C@@H](NCc1ccccc1)c1ccccc1. The Morgan fingerprint density at radius 1 is 0.941 bits per heavy atom. The molecule has 2 aromatic rings. The first kappa shape index (κ1) is 11.4. The molecule has 2 heteroatoms. The average Bonchev–Trinajstić information content (AvgIpc) is 2.42. The zero-order valence-electron chi connectivity index (χ0n) is 9.56. The fourth-order valence-corrected chi connectivity index (χ4v) is 1.71. The summed E-state index contributed by atoms with van der Waals surface area (Å²) in [5, 5.41) is 10.7. The van der Waals surface area contributed by atoms with Crippen LogP contribution in [0.5, 0.6) is 0 Å².